The Balaban J connectivity index is 1.33. The Kier molecular flexibility index (Phi) is 6.80. The maximum Gasteiger partial charge on any atom is 0.294 e. The van der Waals surface area contributed by atoms with Crippen molar-refractivity contribution in [2.45, 2.75) is 37.8 Å². The summed E-state index contributed by atoms with van der Waals surface area (Å²) >= 11 is 0. The second-order valence-corrected chi connectivity index (χ2v) is 10.5. The van der Waals surface area contributed by atoms with Crippen LogP contribution in [-0.4, -0.2) is 60.8 Å². The van der Waals surface area contributed by atoms with Crippen LogP contribution in [0.5, 0.6) is 11.8 Å². The van der Waals surface area contributed by atoms with Gasteiger partial charge >= 0.3 is 0 Å². The molecule has 2 aromatic heterocycles. The molecule has 1 saturated heterocycles. The van der Waals surface area contributed by atoms with E-state index in [9.17, 15) is 14.9 Å². The number of carbonyl (C=O) groups is 1. The minimum Gasteiger partial charge on any atom is -0.479 e. The third-order valence-corrected chi connectivity index (χ3v) is 8.03. The van der Waals surface area contributed by atoms with Gasteiger partial charge in [-0.2, -0.15) is 13.8 Å². The van der Waals surface area contributed by atoms with Gasteiger partial charge in [0.2, 0.25) is 17.5 Å². The molecule has 1 aliphatic carbocycles. The van der Waals surface area contributed by atoms with Gasteiger partial charge in [-0.05, 0) is 49.1 Å². The molecule has 1 aromatic carbocycles. The van der Waals surface area contributed by atoms with Crippen molar-refractivity contribution in [3.8, 4) is 11.8 Å². The predicted molar refractivity (Wildman–Crippen MR) is 148 cm³/mol. The highest BCUT2D eigenvalue weighted by molar-refractivity contribution is 6.05. The molecule has 14 heteroatoms. The first-order chi connectivity index (χ1) is 20.2. The molecule has 1 unspecified atom stereocenters. The van der Waals surface area contributed by atoms with Crippen molar-refractivity contribution in [3.63, 3.8) is 0 Å². The lowest BCUT2D eigenvalue weighted by Gasteiger charge is -2.35. The number of hydrogen-bond acceptors (Lipinski definition) is 10. The maximum absolute atomic E-state index is 15.3. The lowest BCUT2D eigenvalue weighted by atomic mass is 9.86. The summed E-state index contributed by atoms with van der Waals surface area (Å²) < 4.78 is 45.9. The van der Waals surface area contributed by atoms with Gasteiger partial charge in [-0.25, -0.2) is 4.98 Å². The summed E-state index contributed by atoms with van der Waals surface area (Å²) in [5, 5.41) is 15.0. The average Bonchev–Trinajstić information content (AvgIpc) is 3.78. The third-order valence-electron chi connectivity index (χ3n) is 8.03. The molecule has 3 aromatic rings. The molecule has 1 amide bonds. The van der Waals surface area contributed by atoms with E-state index in [1.165, 1.54) is 26.5 Å². The number of pyridine rings is 2. The van der Waals surface area contributed by atoms with Gasteiger partial charge in [-0.3, -0.25) is 14.9 Å². The van der Waals surface area contributed by atoms with Crippen LogP contribution in [0.15, 0.2) is 30.5 Å². The SMILES string of the molecule is COc1nc(OC)c(F)c(N2Cc3cnc(Nc4ccc(N5CCOCC5C)cc4[N+](=O)[O-])cc3C3(CC3)C2=O)c1F. The lowest BCUT2D eigenvalue weighted by Crippen LogP contribution is -2.45. The molecule has 0 radical (unpaired) electrons. The number of benzene rings is 1. The number of nitrogens with zero attached hydrogens (tertiary/aromatic N) is 5. The molecule has 12 nitrogen and oxygen atoms in total. The smallest absolute Gasteiger partial charge is 0.294 e. The monoisotopic (exact) mass is 582 g/mol. The van der Waals surface area contributed by atoms with E-state index in [-0.39, 0.29) is 24.0 Å². The van der Waals surface area contributed by atoms with Gasteiger partial charge in [0.1, 0.15) is 17.2 Å². The highest BCUT2D eigenvalue weighted by Gasteiger charge is 2.57. The summed E-state index contributed by atoms with van der Waals surface area (Å²) in [4.78, 5) is 36.5. The van der Waals surface area contributed by atoms with Crippen molar-refractivity contribution in [2.24, 2.45) is 0 Å². The van der Waals surface area contributed by atoms with Gasteiger partial charge in [0.25, 0.3) is 17.4 Å². The highest BCUT2D eigenvalue weighted by atomic mass is 19.1. The number of fused-ring (bicyclic) bond motifs is 2. The molecular formula is C28H28F2N6O6. The fraction of sp³-hybridized carbons (Fsp3) is 0.393. The summed E-state index contributed by atoms with van der Waals surface area (Å²) in [6, 6.07) is 6.71. The largest absolute Gasteiger partial charge is 0.479 e. The zero-order valence-electron chi connectivity index (χ0n) is 23.1. The van der Waals surface area contributed by atoms with Crippen LogP contribution in [0.25, 0.3) is 0 Å². The zero-order chi connectivity index (χ0) is 29.8. The molecule has 1 N–H and O–H groups in total. The van der Waals surface area contributed by atoms with Crippen molar-refractivity contribution < 1.29 is 32.7 Å². The molecule has 0 bridgehead atoms. The average molecular weight is 583 g/mol. The Bertz CT molecular complexity index is 1570. The lowest BCUT2D eigenvalue weighted by molar-refractivity contribution is -0.383. The van der Waals surface area contributed by atoms with Crippen molar-refractivity contribution >= 4 is 34.5 Å². The normalized spacial score (nSPS) is 19.0. The summed E-state index contributed by atoms with van der Waals surface area (Å²) in [6.07, 6.45) is 2.44. The second kappa shape index (κ2) is 10.4. The van der Waals surface area contributed by atoms with Gasteiger partial charge in [-0.15, -0.1) is 0 Å². The van der Waals surface area contributed by atoms with E-state index in [1.54, 1.807) is 18.2 Å². The van der Waals surface area contributed by atoms with E-state index in [0.717, 1.165) is 4.90 Å². The Morgan fingerprint density at radius 1 is 1.17 bits per heavy atom. The number of aromatic nitrogens is 2. The molecule has 3 aliphatic rings. The number of amides is 1. The van der Waals surface area contributed by atoms with E-state index in [4.69, 9.17) is 14.2 Å². The van der Waals surface area contributed by atoms with Crippen LogP contribution < -0.4 is 24.6 Å². The molecular weight excluding hydrogens is 554 g/mol. The molecule has 2 fully saturated rings. The molecule has 6 rings (SSSR count). The number of hydrogen-bond donors (Lipinski definition) is 1. The van der Waals surface area contributed by atoms with Crippen LogP contribution in [0, 0.1) is 21.7 Å². The predicted octanol–water partition coefficient (Wildman–Crippen LogP) is 4.23. The number of morpholine rings is 1. The van der Waals surface area contributed by atoms with Gasteiger partial charge < -0.3 is 29.3 Å². The zero-order valence-corrected chi connectivity index (χ0v) is 23.1. The number of nitrogens with one attached hydrogen (secondary N) is 1. The summed E-state index contributed by atoms with van der Waals surface area (Å²) in [5.41, 5.74) is 0.485. The van der Waals surface area contributed by atoms with Crippen LogP contribution in [-0.2, 0) is 21.5 Å². The summed E-state index contributed by atoms with van der Waals surface area (Å²) in [5.74, 6) is -3.40. The van der Waals surface area contributed by atoms with Crippen LogP contribution in [0.2, 0.25) is 0 Å². The molecule has 2 aliphatic heterocycles. The number of halogens is 2. The standard InChI is InChI=1S/C28H28F2N6O6/c1-15-14-42-9-8-34(15)17-4-5-19(20(10-17)36(38)39)32-21-11-18-16(12-31-21)13-35(27(37)28(18)6-7-28)24-22(29)25(40-2)33-26(41-3)23(24)30/h4-5,10-12,15H,6-9,13-14H2,1-3H3,(H,31,32). The van der Waals surface area contributed by atoms with Crippen LogP contribution in [0.1, 0.15) is 30.9 Å². The van der Waals surface area contributed by atoms with Crippen LogP contribution in [0.3, 0.4) is 0 Å². The molecule has 1 spiro atoms. The fourth-order valence-corrected chi connectivity index (χ4v) is 5.73. The Morgan fingerprint density at radius 3 is 2.50 bits per heavy atom. The Labute approximate surface area is 239 Å². The Morgan fingerprint density at radius 2 is 1.88 bits per heavy atom. The summed E-state index contributed by atoms with van der Waals surface area (Å²) in [7, 11) is 2.36. The number of methoxy groups -OCH3 is 2. The van der Waals surface area contributed by atoms with Crippen molar-refractivity contribution in [3.05, 3.63) is 63.3 Å². The van der Waals surface area contributed by atoms with Gasteiger partial charge in [0.05, 0.1) is 44.3 Å². The number of rotatable bonds is 7. The third kappa shape index (κ3) is 4.42. The van der Waals surface area contributed by atoms with Crippen molar-refractivity contribution in [1.82, 2.24) is 9.97 Å². The quantitative estimate of drug-likeness (QED) is 0.319. The number of anilines is 4. The Hall–Kier alpha value is -4.59. The maximum atomic E-state index is 15.3. The number of nitro groups is 1. The molecule has 42 heavy (non-hydrogen) atoms. The molecule has 1 saturated carbocycles. The van der Waals surface area contributed by atoms with Crippen molar-refractivity contribution in [2.75, 3.05) is 49.1 Å². The van der Waals surface area contributed by atoms with E-state index < -0.39 is 45.3 Å². The number of carbonyl (C=O) groups excluding carboxylic acids is 1. The first-order valence-corrected chi connectivity index (χ1v) is 13.4. The highest BCUT2D eigenvalue weighted by Crippen LogP contribution is 2.55. The molecule has 1 atom stereocenters. The minimum atomic E-state index is -1.11. The van der Waals surface area contributed by atoms with Crippen LogP contribution in [0.4, 0.5) is 37.3 Å². The van der Waals surface area contributed by atoms with Gasteiger partial charge in [-0.1, -0.05) is 0 Å². The minimum absolute atomic E-state index is 0.0718. The molecule has 220 valence electrons. The van der Waals surface area contributed by atoms with Gasteiger partial charge in [0.15, 0.2) is 0 Å². The van der Waals surface area contributed by atoms with E-state index in [2.05, 4.69) is 20.2 Å². The van der Waals surface area contributed by atoms with Crippen LogP contribution >= 0.6 is 0 Å². The van der Waals surface area contributed by atoms with E-state index in [0.29, 0.717) is 55.2 Å². The first-order valence-electron chi connectivity index (χ1n) is 13.4. The number of ether oxygens (including phenoxy) is 3. The van der Waals surface area contributed by atoms with Crippen molar-refractivity contribution in [1.29, 1.82) is 0 Å². The summed E-state index contributed by atoms with van der Waals surface area (Å²) in [6.45, 7) is 3.54. The topological polar surface area (TPSA) is 132 Å². The molecule has 4 heterocycles. The second-order valence-electron chi connectivity index (χ2n) is 10.5. The van der Waals surface area contributed by atoms with Gasteiger partial charge in [0, 0.05) is 30.5 Å². The fourth-order valence-electron chi connectivity index (χ4n) is 5.73. The first kappa shape index (κ1) is 27.6. The van der Waals surface area contributed by atoms with E-state index >= 15 is 8.78 Å². The van der Waals surface area contributed by atoms with E-state index in [1.807, 2.05) is 6.92 Å². The number of nitro benzene ring substituents is 1.